The number of aliphatic hydroxyl groups is 1. The summed E-state index contributed by atoms with van der Waals surface area (Å²) in [6.07, 6.45) is 0.621. The number of aromatic nitrogens is 4. The van der Waals surface area contributed by atoms with E-state index < -0.39 is 17.3 Å². The van der Waals surface area contributed by atoms with Crippen molar-refractivity contribution >= 4 is 28.5 Å². The van der Waals surface area contributed by atoms with Gasteiger partial charge in [-0.15, -0.1) is 0 Å². The van der Waals surface area contributed by atoms with Gasteiger partial charge >= 0.3 is 6.18 Å². The number of likely N-dealkylation sites (tertiary alicyclic amines) is 1. The van der Waals surface area contributed by atoms with Crippen LogP contribution in [0.5, 0.6) is 0 Å². The van der Waals surface area contributed by atoms with Gasteiger partial charge in [0.15, 0.2) is 5.65 Å². The van der Waals surface area contributed by atoms with Gasteiger partial charge in [0.1, 0.15) is 5.82 Å². The normalized spacial score (nSPS) is 19.5. The molecular weight excluding hydrogens is 457 g/mol. The van der Waals surface area contributed by atoms with Gasteiger partial charge in [-0.3, -0.25) is 0 Å². The number of fused-ring (bicyclic) bond motifs is 1. The van der Waals surface area contributed by atoms with Crippen LogP contribution in [0.1, 0.15) is 31.2 Å². The Bertz CT molecular complexity index is 1150. The van der Waals surface area contributed by atoms with Crippen molar-refractivity contribution in [1.82, 2.24) is 24.6 Å². The second-order valence-corrected chi connectivity index (χ2v) is 9.19. The van der Waals surface area contributed by atoms with Crippen molar-refractivity contribution in [2.75, 3.05) is 37.6 Å². The molecule has 0 aliphatic carbocycles. The molecule has 4 heterocycles. The van der Waals surface area contributed by atoms with Crippen LogP contribution >= 0.6 is 11.6 Å². The first-order valence-corrected chi connectivity index (χ1v) is 11.4. The number of nitrogens with zero attached hydrogens (tertiary/aromatic N) is 6. The SMILES string of the molecule is OC1(CN2CCCC2)CCN(c2nc(Cl)nc3c2cnn3-c2cccc(C(F)(F)F)c2)CC1. The molecule has 2 aliphatic rings. The summed E-state index contributed by atoms with van der Waals surface area (Å²) in [6, 6.07) is 4.92. The molecular formula is C22H24ClF3N6O. The molecule has 0 radical (unpaired) electrons. The Kier molecular flexibility index (Phi) is 5.70. The lowest BCUT2D eigenvalue weighted by Crippen LogP contribution is -2.50. The van der Waals surface area contributed by atoms with Crippen LogP contribution in [0.25, 0.3) is 16.7 Å². The highest BCUT2D eigenvalue weighted by molar-refractivity contribution is 6.28. The van der Waals surface area contributed by atoms with Crippen molar-refractivity contribution in [3.63, 3.8) is 0 Å². The van der Waals surface area contributed by atoms with E-state index in [1.807, 2.05) is 4.90 Å². The van der Waals surface area contributed by atoms with Crippen LogP contribution in [-0.4, -0.2) is 68.1 Å². The fourth-order valence-corrected chi connectivity index (χ4v) is 4.92. The molecule has 11 heteroatoms. The summed E-state index contributed by atoms with van der Waals surface area (Å²) < 4.78 is 40.9. The summed E-state index contributed by atoms with van der Waals surface area (Å²) in [7, 11) is 0. The van der Waals surface area contributed by atoms with Crippen molar-refractivity contribution in [2.45, 2.75) is 37.5 Å². The fraction of sp³-hybridized carbons (Fsp3) is 0.500. The summed E-state index contributed by atoms with van der Waals surface area (Å²) in [5, 5.41) is 15.9. The molecule has 0 atom stereocenters. The van der Waals surface area contributed by atoms with E-state index in [-0.39, 0.29) is 11.0 Å². The molecule has 33 heavy (non-hydrogen) atoms. The van der Waals surface area contributed by atoms with Crippen molar-refractivity contribution in [3.05, 3.63) is 41.3 Å². The topological polar surface area (TPSA) is 70.3 Å². The van der Waals surface area contributed by atoms with Gasteiger partial charge in [0.2, 0.25) is 5.28 Å². The number of piperidine rings is 1. The van der Waals surface area contributed by atoms with E-state index in [0.717, 1.165) is 25.2 Å². The zero-order valence-electron chi connectivity index (χ0n) is 17.9. The molecule has 2 aliphatic heterocycles. The molecule has 0 bridgehead atoms. The quantitative estimate of drug-likeness (QED) is 0.571. The molecule has 0 unspecified atom stereocenters. The number of β-amino-alcohol motifs (C(OH)–C–C–N with tert-alkyl or cyclic N) is 1. The highest BCUT2D eigenvalue weighted by Gasteiger charge is 2.36. The summed E-state index contributed by atoms with van der Waals surface area (Å²) in [5.74, 6) is 0.575. The molecule has 3 aromatic rings. The van der Waals surface area contributed by atoms with Crippen molar-refractivity contribution in [3.8, 4) is 5.69 Å². The first kappa shape index (κ1) is 22.4. The molecule has 1 aromatic carbocycles. The predicted molar refractivity (Wildman–Crippen MR) is 119 cm³/mol. The highest BCUT2D eigenvalue weighted by Crippen LogP contribution is 2.34. The smallest absolute Gasteiger partial charge is 0.388 e. The largest absolute Gasteiger partial charge is 0.416 e. The van der Waals surface area contributed by atoms with E-state index in [9.17, 15) is 18.3 Å². The second-order valence-electron chi connectivity index (χ2n) is 8.85. The first-order valence-electron chi connectivity index (χ1n) is 11.0. The Morgan fingerprint density at radius 2 is 1.79 bits per heavy atom. The predicted octanol–water partition coefficient (Wildman–Crippen LogP) is 3.91. The maximum absolute atomic E-state index is 13.2. The average Bonchev–Trinajstić information content (AvgIpc) is 3.43. The molecule has 176 valence electrons. The van der Waals surface area contributed by atoms with Gasteiger partial charge < -0.3 is 14.9 Å². The Morgan fingerprint density at radius 3 is 2.48 bits per heavy atom. The summed E-state index contributed by atoms with van der Waals surface area (Å²) >= 11 is 6.21. The van der Waals surface area contributed by atoms with E-state index in [2.05, 4.69) is 20.0 Å². The monoisotopic (exact) mass is 480 g/mol. The van der Waals surface area contributed by atoms with Gasteiger partial charge in [-0.25, -0.2) is 4.68 Å². The van der Waals surface area contributed by atoms with E-state index in [1.165, 1.54) is 29.7 Å². The van der Waals surface area contributed by atoms with Crippen molar-refractivity contribution in [2.24, 2.45) is 0 Å². The lowest BCUT2D eigenvalue weighted by molar-refractivity contribution is -0.137. The zero-order chi connectivity index (χ0) is 23.2. The van der Waals surface area contributed by atoms with Crippen molar-refractivity contribution < 1.29 is 18.3 Å². The van der Waals surface area contributed by atoms with E-state index >= 15 is 0 Å². The fourth-order valence-electron chi connectivity index (χ4n) is 4.76. The number of benzene rings is 1. The van der Waals surface area contributed by atoms with Crippen molar-refractivity contribution in [1.29, 1.82) is 0 Å². The standard InChI is InChI=1S/C22H24ClF3N6O/c23-20-28-18(31-10-6-21(33,7-11-31)14-30-8-1-2-9-30)17-13-27-32(19(17)29-20)16-5-3-4-15(12-16)22(24,25)26/h3-5,12-13,33H,1-2,6-11,14H2. The number of halogens is 4. The van der Waals surface area contributed by atoms with Gasteiger partial charge in [-0.05, 0) is 68.6 Å². The van der Waals surface area contributed by atoms with Crippen LogP contribution in [0.15, 0.2) is 30.5 Å². The molecule has 5 rings (SSSR count). The lowest BCUT2D eigenvalue weighted by atomic mass is 9.90. The minimum Gasteiger partial charge on any atom is -0.388 e. The van der Waals surface area contributed by atoms with Crippen LogP contribution in [-0.2, 0) is 6.18 Å². The molecule has 0 saturated carbocycles. The van der Waals surface area contributed by atoms with E-state index in [0.29, 0.717) is 49.3 Å². The van der Waals surface area contributed by atoms with Gasteiger partial charge in [-0.2, -0.15) is 28.2 Å². The molecule has 0 amide bonds. The number of alkyl halides is 3. The average molecular weight is 481 g/mol. The lowest BCUT2D eigenvalue weighted by Gasteiger charge is -2.40. The number of hydrogen-bond acceptors (Lipinski definition) is 6. The summed E-state index contributed by atoms with van der Waals surface area (Å²) in [4.78, 5) is 13.0. The van der Waals surface area contributed by atoms with Crippen LogP contribution in [0.2, 0.25) is 5.28 Å². The third kappa shape index (κ3) is 4.51. The highest BCUT2D eigenvalue weighted by atomic mass is 35.5. The molecule has 1 N–H and O–H groups in total. The Morgan fingerprint density at radius 1 is 1.06 bits per heavy atom. The van der Waals surface area contributed by atoms with E-state index in [4.69, 9.17) is 11.6 Å². The van der Waals surface area contributed by atoms with Crippen LogP contribution in [0.3, 0.4) is 0 Å². The minimum atomic E-state index is -4.46. The second kappa shape index (κ2) is 8.41. The van der Waals surface area contributed by atoms with Gasteiger partial charge in [0.25, 0.3) is 0 Å². The number of anilines is 1. The number of hydrogen-bond donors (Lipinski definition) is 1. The Hall–Kier alpha value is -2.43. The first-order chi connectivity index (χ1) is 15.7. The number of rotatable bonds is 4. The Labute approximate surface area is 193 Å². The third-order valence-corrected chi connectivity index (χ3v) is 6.68. The van der Waals surface area contributed by atoms with Gasteiger partial charge in [-0.1, -0.05) is 6.07 Å². The molecule has 0 spiro atoms. The minimum absolute atomic E-state index is 0.0101. The van der Waals surface area contributed by atoms with Gasteiger partial charge in [0, 0.05) is 19.6 Å². The zero-order valence-corrected chi connectivity index (χ0v) is 18.6. The molecule has 2 fully saturated rings. The molecule has 2 saturated heterocycles. The Balaban J connectivity index is 1.42. The summed E-state index contributed by atoms with van der Waals surface area (Å²) in [5.41, 5.74) is -0.933. The third-order valence-electron chi connectivity index (χ3n) is 6.51. The summed E-state index contributed by atoms with van der Waals surface area (Å²) in [6.45, 7) is 3.91. The molecule has 2 aromatic heterocycles. The molecule has 7 nitrogen and oxygen atoms in total. The maximum atomic E-state index is 13.2. The van der Waals surface area contributed by atoms with Crippen LogP contribution in [0.4, 0.5) is 19.0 Å². The maximum Gasteiger partial charge on any atom is 0.416 e. The van der Waals surface area contributed by atoms with Crippen LogP contribution < -0.4 is 4.90 Å². The van der Waals surface area contributed by atoms with Gasteiger partial charge in [0.05, 0.1) is 28.4 Å². The van der Waals surface area contributed by atoms with Crippen LogP contribution in [0, 0.1) is 0 Å². The van der Waals surface area contributed by atoms with E-state index in [1.54, 1.807) is 6.20 Å².